The molecule has 0 atom stereocenters. The van der Waals surface area contributed by atoms with Crippen LogP contribution in [0, 0.1) is 5.82 Å². The van der Waals surface area contributed by atoms with E-state index in [4.69, 9.17) is 0 Å². The van der Waals surface area contributed by atoms with Gasteiger partial charge in [-0.15, -0.1) is 0 Å². The van der Waals surface area contributed by atoms with Crippen molar-refractivity contribution in [1.29, 1.82) is 0 Å². The fourth-order valence-corrected chi connectivity index (χ4v) is 2.63. The summed E-state index contributed by atoms with van der Waals surface area (Å²) in [5.74, 6) is 0.118. The zero-order valence-corrected chi connectivity index (χ0v) is 12.9. The monoisotopic (exact) mass is 287 g/mol. The Morgan fingerprint density at radius 1 is 1.33 bits per heavy atom. The van der Waals surface area contributed by atoms with Crippen molar-refractivity contribution in [3.05, 3.63) is 41.5 Å². The van der Waals surface area contributed by atoms with Crippen molar-refractivity contribution in [2.24, 2.45) is 7.05 Å². The zero-order chi connectivity index (χ0) is 15.0. The van der Waals surface area contributed by atoms with Gasteiger partial charge in [-0.2, -0.15) is 5.10 Å². The number of benzene rings is 1. The second kappa shape index (κ2) is 5.60. The number of aromatic nitrogens is 2. The highest BCUT2D eigenvalue weighted by atomic mass is 19.1. The van der Waals surface area contributed by atoms with Gasteiger partial charge in [-0.25, -0.2) is 4.39 Å². The van der Waals surface area contributed by atoms with Crippen LogP contribution in [-0.2, 0) is 13.6 Å². The molecule has 0 unspecified atom stereocenters. The van der Waals surface area contributed by atoms with Gasteiger partial charge in [-0.3, -0.25) is 4.68 Å². The maximum Gasteiger partial charge on any atom is 0.123 e. The lowest BCUT2D eigenvalue weighted by Crippen LogP contribution is -2.16. The van der Waals surface area contributed by atoms with E-state index in [1.165, 1.54) is 12.8 Å². The quantitative estimate of drug-likeness (QED) is 0.910. The fraction of sp³-hybridized carbons (Fsp3) is 0.471. The number of rotatable bonds is 5. The summed E-state index contributed by atoms with van der Waals surface area (Å²) in [7, 11) is 1.91. The van der Waals surface area contributed by atoms with E-state index in [0.29, 0.717) is 12.0 Å². The number of aryl methyl sites for hydroxylation is 1. The van der Waals surface area contributed by atoms with Crippen LogP contribution in [0.1, 0.15) is 43.9 Å². The van der Waals surface area contributed by atoms with Crippen LogP contribution in [0.5, 0.6) is 0 Å². The lowest BCUT2D eigenvalue weighted by molar-refractivity contribution is 0.625. The fourth-order valence-electron chi connectivity index (χ4n) is 2.63. The van der Waals surface area contributed by atoms with Crippen molar-refractivity contribution in [2.75, 3.05) is 0 Å². The van der Waals surface area contributed by atoms with Crippen molar-refractivity contribution in [1.82, 2.24) is 15.1 Å². The highest BCUT2D eigenvalue weighted by Crippen LogP contribution is 2.31. The van der Waals surface area contributed by atoms with Gasteiger partial charge in [0, 0.05) is 31.4 Å². The number of nitrogens with one attached hydrogen (secondary N) is 1. The first-order chi connectivity index (χ1) is 10.0. The molecule has 1 heterocycles. The largest absolute Gasteiger partial charge is 0.310 e. The van der Waals surface area contributed by atoms with Crippen LogP contribution in [0.4, 0.5) is 4.39 Å². The standard InChI is InChI=1S/C17H22FN3/c1-11(2)17-16(10-21(3)20-17)15-8-13(18)5-4-12(15)9-19-14-6-7-14/h4-5,8,10-11,14,19H,6-7,9H2,1-3H3. The molecule has 4 heteroatoms. The minimum Gasteiger partial charge on any atom is -0.310 e. The minimum atomic E-state index is -0.196. The number of hydrogen-bond acceptors (Lipinski definition) is 2. The van der Waals surface area contributed by atoms with Crippen molar-refractivity contribution in [3.63, 3.8) is 0 Å². The zero-order valence-electron chi connectivity index (χ0n) is 12.9. The summed E-state index contributed by atoms with van der Waals surface area (Å²) in [4.78, 5) is 0. The van der Waals surface area contributed by atoms with Crippen LogP contribution < -0.4 is 5.32 Å². The van der Waals surface area contributed by atoms with Crippen LogP contribution in [0.3, 0.4) is 0 Å². The van der Waals surface area contributed by atoms with E-state index in [-0.39, 0.29) is 5.82 Å². The first kappa shape index (κ1) is 14.3. The molecular formula is C17H22FN3. The van der Waals surface area contributed by atoms with Gasteiger partial charge < -0.3 is 5.32 Å². The van der Waals surface area contributed by atoms with Crippen molar-refractivity contribution in [2.45, 2.75) is 45.2 Å². The Morgan fingerprint density at radius 3 is 2.76 bits per heavy atom. The van der Waals surface area contributed by atoms with Crippen molar-refractivity contribution >= 4 is 0 Å². The van der Waals surface area contributed by atoms with Crippen molar-refractivity contribution < 1.29 is 4.39 Å². The lowest BCUT2D eigenvalue weighted by Gasteiger charge is -2.12. The third-order valence-electron chi connectivity index (χ3n) is 3.92. The molecule has 0 bridgehead atoms. The summed E-state index contributed by atoms with van der Waals surface area (Å²) in [6, 6.07) is 5.70. The summed E-state index contributed by atoms with van der Waals surface area (Å²) >= 11 is 0. The Balaban J connectivity index is 2.00. The Morgan fingerprint density at radius 2 is 2.10 bits per heavy atom. The summed E-state index contributed by atoms with van der Waals surface area (Å²) in [6.45, 7) is 5.02. The number of hydrogen-bond donors (Lipinski definition) is 1. The molecule has 0 radical (unpaired) electrons. The third kappa shape index (κ3) is 3.16. The molecule has 3 rings (SSSR count). The molecule has 1 saturated carbocycles. The van der Waals surface area contributed by atoms with E-state index in [9.17, 15) is 4.39 Å². The SMILES string of the molecule is CC(C)c1nn(C)cc1-c1cc(F)ccc1CNC1CC1. The van der Waals surface area contributed by atoms with Crippen LogP contribution in [0.15, 0.2) is 24.4 Å². The van der Waals surface area contributed by atoms with Gasteiger partial charge in [0.25, 0.3) is 0 Å². The van der Waals surface area contributed by atoms with Gasteiger partial charge in [-0.05, 0) is 42.0 Å². The summed E-state index contributed by atoms with van der Waals surface area (Å²) < 4.78 is 15.5. The summed E-state index contributed by atoms with van der Waals surface area (Å²) in [5.41, 5.74) is 4.16. The number of halogens is 1. The maximum absolute atomic E-state index is 13.7. The molecule has 21 heavy (non-hydrogen) atoms. The molecule has 0 aliphatic heterocycles. The Kier molecular flexibility index (Phi) is 3.81. The molecule has 1 aliphatic rings. The topological polar surface area (TPSA) is 29.9 Å². The highest BCUT2D eigenvalue weighted by molar-refractivity contribution is 5.69. The van der Waals surface area contributed by atoms with E-state index in [0.717, 1.165) is 28.9 Å². The molecule has 1 N–H and O–H groups in total. The molecule has 0 amide bonds. The van der Waals surface area contributed by atoms with Gasteiger partial charge in [0.15, 0.2) is 0 Å². The van der Waals surface area contributed by atoms with Gasteiger partial charge in [0.05, 0.1) is 5.69 Å². The molecule has 1 aromatic carbocycles. The smallest absolute Gasteiger partial charge is 0.123 e. The van der Waals surface area contributed by atoms with E-state index in [1.807, 2.05) is 24.0 Å². The van der Waals surface area contributed by atoms with Crippen LogP contribution >= 0.6 is 0 Å². The van der Waals surface area contributed by atoms with Crippen LogP contribution in [-0.4, -0.2) is 15.8 Å². The van der Waals surface area contributed by atoms with Gasteiger partial charge in [-0.1, -0.05) is 19.9 Å². The van der Waals surface area contributed by atoms with Gasteiger partial charge in [0.2, 0.25) is 0 Å². The molecule has 3 nitrogen and oxygen atoms in total. The predicted molar refractivity (Wildman–Crippen MR) is 82.6 cm³/mol. The second-order valence-electron chi connectivity index (χ2n) is 6.21. The van der Waals surface area contributed by atoms with Crippen LogP contribution in [0.25, 0.3) is 11.1 Å². The second-order valence-corrected chi connectivity index (χ2v) is 6.21. The third-order valence-corrected chi connectivity index (χ3v) is 3.92. The lowest BCUT2D eigenvalue weighted by atomic mass is 9.96. The summed E-state index contributed by atoms with van der Waals surface area (Å²) in [6.07, 6.45) is 4.49. The van der Waals surface area contributed by atoms with Gasteiger partial charge >= 0.3 is 0 Å². The highest BCUT2D eigenvalue weighted by Gasteiger charge is 2.22. The van der Waals surface area contributed by atoms with Crippen molar-refractivity contribution in [3.8, 4) is 11.1 Å². The summed E-state index contributed by atoms with van der Waals surface area (Å²) in [5, 5.41) is 8.05. The molecule has 1 fully saturated rings. The van der Waals surface area contributed by atoms with E-state index in [1.54, 1.807) is 12.1 Å². The van der Waals surface area contributed by atoms with E-state index >= 15 is 0 Å². The Bertz CT molecular complexity index is 641. The predicted octanol–water partition coefficient (Wildman–Crippen LogP) is 3.60. The molecule has 1 aliphatic carbocycles. The van der Waals surface area contributed by atoms with Crippen LogP contribution in [0.2, 0.25) is 0 Å². The first-order valence-corrected chi connectivity index (χ1v) is 7.60. The Hall–Kier alpha value is -1.68. The molecular weight excluding hydrogens is 265 g/mol. The molecule has 2 aromatic rings. The Labute approximate surface area is 125 Å². The van der Waals surface area contributed by atoms with E-state index < -0.39 is 0 Å². The number of nitrogens with zero attached hydrogens (tertiary/aromatic N) is 2. The first-order valence-electron chi connectivity index (χ1n) is 7.60. The minimum absolute atomic E-state index is 0.196. The average molecular weight is 287 g/mol. The maximum atomic E-state index is 13.7. The van der Waals surface area contributed by atoms with E-state index in [2.05, 4.69) is 24.3 Å². The molecule has 0 saturated heterocycles. The normalized spacial score (nSPS) is 14.9. The molecule has 112 valence electrons. The molecule has 1 aromatic heterocycles. The van der Waals surface area contributed by atoms with Gasteiger partial charge in [0.1, 0.15) is 5.82 Å². The average Bonchev–Trinajstić information content (AvgIpc) is 3.18. The molecule has 0 spiro atoms.